The number of aryl methyl sites for hydroxylation is 2. The summed E-state index contributed by atoms with van der Waals surface area (Å²) in [5.74, 6) is 0.0147. The molecule has 2 heterocycles. The summed E-state index contributed by atoms with van der Waals surface area (Å²) in [5.41, 5.74) is 15.6. The monoisotopic (exact) mass is 522 g/mol. The third-order valence-electron chi connectivity index (χ3n) is 7.84. The van der Waals surface area contributed by atoms with Gasteiger partial charge in [0.05, 0.1) is 5.69 Å². The zero-order valence-electron chi connectivity index (χ0n) is 23.1. The Kier molecular flexibility index (Phi) is 7.98. The van der Waals surface area contributed by atoms with Gasteiger partial charge in [0.2, 0.25) is 0 Å². The van der Waals surface area contributed by atoms with E-state index in [1.807, 2.05) is 0 Å². The average Bonchev–Trinajstić information content (AvgIpc) is 3.34. The first-order valence-corrected chi connectivity index (χ1v) is 13.6. The molecule has 7 heteroatoms. The second kappa shape index (κ2) is 11.7. The first kappa shape index (κ1) is 26.5. The highest BCUT2D eigenvalue weighted by Gasteiger charge is 2.20. The van der Waals surface area contributed by atoms with Gasteiger partial charge in [-0.15, -0.1) is 0 Å². The van der Waals surface area contributed by atoms with E-state index in [0.29, 0.717) is 24.3 Å². The van der Waals surface area contributed by atoms with Gasteiger partial charge in [-0.1, -0.05) is 54.6 Å². The molecule has 7 nitrogen and oxygen atoms in total. The van der Waals surface area contributed by atoms with Crippen LogP contribution in [-0.2, 0) is 19.5 Å². The van der Waals surface area contributed by atoms with Gasteiger partial charge in [0.15, 0.2) is 5.82 Å². The van der Waals surface area contributed by atoms with E-state index in [1.165, 1.54) is 27.9 Å². The summed E-state index contributed by atoms with van der Waals surface area (Å²) in [6, 6.07) is 23.6. The van der Waals surface area contributed by atoms with Crippen LogP contribution in [0.5, 0.6) is 0 Å². The van der Waals surface area contributed by atoms with E-state index in [9.17, 15) is 4.79 Å². The molecule has 1 fully saturated rings. The smallest absolute Gasteiger partial charge is 0.254 e. The van der Waals surface area contributed by atoms with Crippen LogP contribution in [0.4, 0.5) is 11.5 Å². The summed E-state index contributed by atoms with van der Waals surface area (Å²) >= 11 is 0. The van der Waals surface area contributed by atoms with Crippen molar-refractivity contribution in [3.05, 3.63) is 111 Å². The van der Waals surface area contributed by atoms with Gasteiger partial charge in [-0.05, 0) is 66.3 Å². The molecule has 0 unspecified atom stereocenters. The number of nitrogens with one attached hydrogen (secondary N) is 2. The van der Waals surface area contributed by atoms with Crippen molar-refractivity contribution in [2.24, 2.45) is 5.73 Å². The summed E-state index contributed by atoms with van der Waals surface area (Å²) < 4.78 is 0. The number of rotatable bonds is 9. The molecule has 0 bridgehead atoms. The fourth-order valence-corrected chi connectivity index (χ4v) is 5.35. The molecule has 0 spiro atoms. The molecule has 202 valence electrons. The molecule has 4 N–H and O–H groups in total. The number of H-pyrrole nitrogens is 1. The maximum atomic E-state index is 12.4. The predicted molar refractivity (Wildman–Crippen MR) is 158 cm³/mol. The summed E-state index contributed by atoms with van der Waals surface area (Å²) in [6.45, 7) is 12.0. The molecule has 0 saturated carbocycles. The minimum Gasteiger partial charge on any atom is -0.369 e. The van der Waals surface area contributed by atoms with Crippen LogP contribution in [0.25, 0.3) is 0 Å². The Morgan fingerprint density at radius 2 is 1.56 bits per heavy atom. The molecule has 1 amide bonds. The Bertz CT molecular complexity index is 1400. The van der Waals surface area contributed by atoms with Crippen LogP contribution in [0, 0.1) is 20.8 Å². The van der Waals surface area contributed by atoms with Crippen LogP contribution in [0.3, 0.4) is 0 Å². The number of hydrogen-bond acceptors (Lipinski definition) is 5. The van der Waals surface area contributed by atoms with E-state index in [-0.39, 0.29) is 0 Å². The average molecular weight is 523 g/mol. The number of benzene rings is 3. The molecule has 0 aliphatic carbocycles. The van der Waals surface area contributed by atoms with E-state index in [2.05, 4.69) is 113 Å². The molecule has 1 saturated heterocycles. The fraction of sp³-hybridized carbons (Fsp3) is 0.312. The van der Waals surface area contributed by atoms with Crippen LogP contribution >= 0.6 is 0 Å². The van der Waals surface area contributed by atoms with E-state index < -0.39 is 5.91 Å². The Morgan fingerprint density at radius 1 is 0.897 bits per heavy atom. The van der Waals surface area contributed by atoms with Gasteiger partial charge in [0.25, 0.3) is 5.91 Å². The van der Waals surface area contributed by atoms with Gasteiger partial charge in [0, 0.05) is 51.4 Å². The van der Waals surface area contributed by atoms with Crippen LogP contribution in [0.15, 0.2) is 66.7 Å². The van der Waals surface area contributed by atoms with Gasteiger partial charge in [0.1, 0.15) is 5.56 Å². The predicted octanol–water partition coefficient (Wildman–Crippen LogP) is 4.96. The molecule has 39 heavy (non-hydrogen) atoms. The number of nitrogens with two attached hydrogens (primary N) is 1. The first-order valence-electron chi connectivity index (χ1n) is 13.6. The number of amides is 1. The first-order chi connectivity index (χ1) is 18.9. The number of hydrogen-bond donors (Lipinski definition) is 3. The Hall–Kier alpha value is -4.10. The van der Waals surface area contributed by atoms with Crippen LogP contribution in [0.1, 0.15) is 49.4 Å². The summed E-state index contributed by atoms with van der Waals surface area (Å²) in [6.07, 6.45) is 0.556. The number of piperazine rings is 1. The summed E-state index contributed by atoms with van der Waals surface area (Å²) in [4.78, 5) is 17.3. The van der Waals surface area contributed by atoms with Crippen molar-refractivity contribution in [3.8, 4) is 0 Å². The number of carbonyl (C=O) groups excluding carboxylic acids is 1. The molecule has 1 aromatic heterocycles. The third-order valence-corrected chi connectivity index (χ3v) is 7.84. The van der Waals surface area contributed by atoms with Crippen LogP contribution < -0.4 is 16.0 Å². The number of carbonyl (C=O) groups is 1. The number of aromatic nitrogens is 2. The van der Waals surface area contributed by atoms with Gasteiger partial charge in [-0.25, -0.2) is 0 Å². The van der Waals surface area contributed by atoms with Crippen LogP contribution in [0.2, 0.25) is 0 Å². The quantitative estimate of drug-likeness (QED) is 0.289. The Balaban J connectivity index is 1.20. The van der Waals surface area contributed by atoms with Crippen molar-refractivity contribution in [1.29, 1.82) is 0 Å². The van der Waals surface area contributed by atoms with E-state index >= 15 is 0 Å². The molecule has 0 atom stereocenters. The molecule has 4 aromatic rings. The molecular weight excluding hydrogens is 484 g/mol. The van der Waals surface area contributed by atoms with Gasteiger partial charge in [-0.3, -0.25) is 14.8 Å². The summed E-state index contributed by atoms with van der Waals surface area (Å²) in [5, 5.41) is 10.7. The van der Waals surface area contributed by atoms with Crippen molar-refractivity contribution in [1.82, 2.24) is 15.1 Å². The van der Waals surface area contributed by atoms with Gasteiger partial charge in [-0.2, -0.15) is 5.10 Å². The van der Waals surface area contributed by atoms with Crippen LogP contribution in [-0.4, -0.2) is 47.2 Å². The number of nitrogens with zero attached hydrogens (tertiary/aromatic N) is 3. The van der Waals surface area contributed by atoms with Gasteiger partial charge < -0.3 is 16.0 Å². The second-order valence-electron chi connectivity index (χ2n) is 10.6. The van der Waals surface area contributed by atoms with Crippen molar-refractivity contribution < 1.29 is 4.79 Å². The standard InChI is InChI=1S/C32H38N6O/c1-22-17-27(18-23(2)24(22)3)20-34-32-30(31(33)39)29(35-36-32)19-25-9-11-28(12-10-25)38-15-13-37(14-16-38)21-26-7-5-4-6-8-26/h4-12,17-18H,13-16,19-21H2,1-3H3,(H2,33,39)(H2,34,35,36). The molecule has 1 aliphatic heterocycles. The lowest BCUT2D eigenvalue weighted by Gasteiger charge is -2.36. The zero-order chi connectivity index (χ0) is 27.4. The third kappa shape index (κ3) is 6.32. The molecule has 0 radical (unpaired) electrons. The maximum absolute atomic E-state index is 12.4. The largest absolute Gasteiger partial charge is 0.369 e. The van der Waals surface area contributed by atoms with Crippen molar-refractivity contribution in [2.75, 3.05) is 36.4 Å². The number of aromatic amines is 1. The Morgan fingerprint density at radius 3 is 2.21 bits per heavy atom. The number of anilines is 2. The topological polar surface area (TPSA) is 90.3 Å². The highest BCUT2D eigenvalue weighted by atomic mass is 16.1. The minimum absolute atomic E-state index is 0.425. The number of primary amides is 1. The SMILES string of the molecule is Cc1cc(CNc2n[nH]c(Cc3ccc(N4CCN(Cc5ccccc5)CC4)cc3)c2C(N)=O)cc(C)c1C. The minimum atomic E-state index is -0.484. The van der Waals surface area contributed by atoms with Crippen molar-refractivity contribution in [3.63, 3.8) is 0 Å². The highest BCUT2D eigenvalue weighted by Crippen LogP contribution is 2.24. The molecule has 3 aromatic carbocycles. The molecular formula is C32H38N6O. The van der Waals surface area contributed by atoms with Crippen molar-refractivity contribution >= 4 is 17.4 Å². The summed E-state index contributed by atoms with van der Waals surface area (Å²) in [7, 11) is 0. The lowest BCUT2D eigenvalue weighted by atomic mass is 10.0. The van der Waals surface area contributed by atoms with Crippen molar-refractivity contribution in [2.45, 2.75) is 40.3 Å². The lowest BCUT2D eigenvalue weighted by Crippen LogP contribution is -2.45. The van der Waals surface area contributed by atoms with E-state index in [4.69, 9.17) is 5.73 Å². The maximum Gasteiger partial charge on any atom is 0.254 e. The molecule has 5 rings (SSSR count). The fourth-order valence-electron chi connectivity index (χ4n) is 5.35. The normalized spacial score (nSPS) is 14.0. The lowest BCUT2D eigenvalue weighted by molar-refractivity contribution is 0.100. The van der Waals surface area contributed by atoms with Gasteiger partial charge >= 0.3 is 0 Å². The molecule has 1 aliphatic rings. The second-order valence-corrected chi connectivity index (χ2v) is 10.6. The Labute approximate surface area is 231 Å². The zero-order valence-corrected chi connectivity index (χ0v) is 23.1. The highest BCUT2D eigenvalue weighted by molar-refractivity contribution is 5.99. The van der Waals surface area contributed by atoms with E-state index in [0.717, 1.165) is 49.5 Å². The van der Waals surface area contributed by atoms with E-state index in [1.54, 1.807) is 0 Å².